The fraction of sp³-hybridized carbons (Fsp3) is 0.172. The van der Waals surface area contributed by atoms with Gasteiger partial charge in [0.05, 0.1) is 24.9 Å². The molecule has 0 saturated heterocycles. The molecule has 6 nitrogen and oxygen atoms in total. The summed E-state index contributed by atoms with van der Waals surface area (Å²) in [4.78, 5) is 17.5. The lowest BCUT2D eigenvalue weighted by Crippen LogP contribution is -2.29. The standard InChI is InChI=1S/C29H27Cl2N3O3/c1-36-23-9-3-20(4-10-23)7-14-28-33-27(25-13-8-22(30)17-26(25)31)18-34(28)19-29(35)32-16-15-21-5-11-24(37-2)12-6-21/h3-14,17-18H,15-16,19H2,1-2H3,(H,32,35). The third-order valence-electron chi connectivity index (χ3n) is 5.76. The zero-order chi connectivity index (χ0) is 26.2. The Kier molecular flexibility index (Phi) is 8.88. The fourth-order valence-electron chi connectivity index (χ4n) is 3.75. The van der Waals surface area contributed by atoms with Crippen LogP contribution in [0.3, 0.4) is 0 Å². The van der Waals surface area contributed by atoms with Gasteiger partial charge in [0.25, 0.3) is 0 Å². The number of halogens is 2. The molecule has 4 rings (SSSR count). The van der Waals surface area contributed by atoms with Crippen molar-refractivity contribution in [1.82, 2.24) is 14.9 Å². The normalized spacial score (nSPS) is 11.0. The Labute approximate surface area is 226 Å². The number of hydrogen-bond donors (Lipinski definition) is 1. The van der Waals surface area contributed by atoms with Crippen molar-refractivity contribution in [3.05, 3.63) is 99.9 Å². The van der Waals surface area contributed by atoms with Crippen molar-refractivity contribution >= 4 is 41.3 Å². The summed E-state index contributed by atoms with van der Waals surface area (Å²) in [6, 6.07) is 20.7. The largest absolute Gasteiger partial charge is 0.497 e. The van der Waals surface area contributed by atoms with Gasteiger partial charge in [0, 0.05) is 23.3 Å². The highest BCUT2D eigenvalue weighted by Crippen LogP contribution is 2.30. The van der Waals surface area contributed by atoms with E-state index in [1.165, 1.54) is 0 Å². The van der Waals surface area contributed by atoms with Gasteiger partial charge >= 0.3 is 0 Å². The molecule has 8 heteroatoms. The second kappa shape index (κ2) is 12.5. The predicted octanol–water partition coefficient (Wildman–Crippen LogP) is 6.40. The van der Waals surface area contributed by atoms with Crippen LogP contribution < -0.4 is 14.8 Å². The van der Waals surface area contributed by atoms with Crippen LogP contribution in [-0.4, -0.2) is 36.2 Å². The third kappa shape index (κ3) is 7.15. The molecule has 1 heterocycles. The molecule has 4 aromatic rings. The number of nitrogens with one attached hydrogen (secondary N) is 1. The first-order valence-corrected chi connectivity index (χ1v) is 12.4. The molecule has 3 aromatic carbocycles. The van der Waals surface area contributed by atoms with E-state index in [1.807, 2.05) is 77.5 Å². The number of benzene rings is 3. The Morgan fingerprint density at radius 1 is 0.946 bits per heavy atom. The van der Waals surface area contributed by atoms with Gasteiger partial charge in [-0.05, 0) is 66.1 Å². The molecular weight excluding hydrogens is 509 g/mol. The average molecular weight is 536 g/mol. The molecular formula is C29H27Cl2N3O3. The summed E-state index contributed by atoms with van der Waals surface area (Å²) in [7, 11) is 3.27. The molecule has 1 N–H and O–H groups in total. The van der Waals surface area contributed by atoms with Gasteiger partial charge in [-0.25, -0.2) is 4.98 Å². The van der Waals surface area contributed by atoms with Crippen molar-refractivity contribution in [3.63, 3.8) is 0 Å². The van der Waals surface area contributed by atoms with Gasteiger partial charge in [0.2, 0.25) is 5.91 Å². The molecule has 0 bridgehead atoms. The van der Waals surface area contributed by atoms with E-state index in [0.717, 1.165) is 34.6 Å². The highest BCUT2D eigenvalue weighted by Gasteiger charge is 2.13. The van der Waals surface area contributed by atoms with E-state index in [9.17, 15) is 4.79 Å². The maximum absolute atomic E-state index is 12.8. The number of carbonyl (C=O) groups excluding carboxylic acids is 1. The second-order valence-electron chi connectivity index (χ2n) is 8.29. The monoisotopic (exact) mass is 535 g/mol. The summed E-state index contributed by atoms with van der Waals surface area (Å²) >= 11 is 12.5. The van der Waals surface area contributed by atoms with Crippen LogP contribution in [-0.2, 0) is 17.8 Å². The van der Waals surface area contributed by atoms with Crippen LogP contribution in [0.5, 0.6) is 11.5 Å². The van der Waals surface area contributed by atoms with E-state index in [0.29, 0.717) is 28.1 Å². The number of carbonyl (C=O) groups is 1. The van der Waals surface area contributed by atoms with Gasteiger partial charge in [-0.15, -0.1) is 0 Å². The van der Waals surface area contributed by atoms with Gasteiger partial charge in [-0.3, -0.25) is 4.79 Å². The molecule has 0 aliphatic carbocycles. The van der Waals surface area contributed by atoms with Crippen LogP contribution in [0, 0.1) is 0 Å². The summed E-state index contributed by atoms with van der Waals surface area (Å²) in [5.74, 6) is 2.10. The van der Waals surface area contributed by atoms with E-state index in [4.69, 9.17) is 37.7 Å². The van der Waals surface area contributed by atoms with E-state index in [1.54, 1.807) is 26.4 Å². The lowest BCUT2D eigenvalue weighted by atomic mass is 10.1. The second-order valence-corrected chi connectivity index (χ2v) is 9.13. The lowest BCUT2D eigenvalue weighted by molar-refractivity contribution is -0.121. The zero-order valence-electron chi connectivity index (χ0n) is 20.6. The maximum Gasteiger partial charge on any atom is 0.240 e. The number of aromatic nitrogens is 2. The lowest BCUT2D eigenvalue weighted by Gasteiger charge is -2.08. The number of methoxy groups -OCH3 is 2. The van der Waals surface area contributed by atoms with Crippen LogP contribution in [0.25, 0.3) is 23.4 Å². The molecule has 0 aliphatic heterocycles. The fourth-order valence-corrected chi connectivity index (χ4v) is 4.26. The van der Waals surface area contributed by atoms with Gasteiger partial charge in [0.1, 0.15) is 23.9 Å². The average Bonchev–Trinajstić information content (AvgIpc) is 3.30. The Morgan fingerprint density at radius 2 is 1.62 bits per heavy atom. The Bertz CT molecular complexity index is 1380. The Hall–Kier alpha value is -3.74. The first-order valence-electron chi connectivity index (χ1n) is 11.7. The Balaban J connectivity index is 1.50. The van der Waals surface area contributed by atoms with Gasteiger partial charge in [-0.1, -0.05) is 53.5 Å². The summed E-state index contributed by atoms with van der Waals surface area (Å²) in [6.07, 6.45) is 6.36. The number of imidazole rings is 1. The van der Waals surface area contributed by atoms with Crippen LogP contribution in [0.2, 0.25) is 10.0 Å². The van der Waals surface area contributed by atoms with Crippen LogP contribution in [0.1, 0.15) is 17.0 Å². The van der Waals surface area contributed by atoms with E-state index in [-0.39, 0.29) is 12.5 Å². The number of rotatable bonds is 10. The van der Waals surface area contributed by atoms with Crippen molar-refractivity contribution in [2.75, 3.05) is 20.8 Å². The van der Waals surface area contributed by atoms with Crippen LogP contribution in [0.15, 0.2) is 72.9 Å². The molecule has 37 heavy (non-hydrogen) atoms. The number of ether oxygens (including phenoxy) is 2. The maximum atomic E-state index is 12.8. The highest BCUT2D eigenvalue weighted by molar-refractivity contribution is 6.36. The van der Waals surface area contributed by atoms with E-state index >= 15 is 0 Å². The molecule has 1 aromatic heterocycles. The predicted molar refractivity (Wildman–Crippen MR) is 149 cm³/mol. The number of nitrogens with zero attached hydrogens (tertiary/aromatic N) is 2. The summed E-state index contributed by atoms with van der Waals surface area (Å²) in [5.41, 5.74) is 3.49. The molecule has 0 saturated carbocycles. The quantitative estimate of drug-likeness (QED) is 0.255. The smallest absolute Gasteiger partial charge is 0.240 e. The minimum Gasteiger partial charge on any atom is -0.497 e. The first-order chi connectivity index (χ1) is 17.9. The summed E-state index contributed by atoms with van der Waals surface area (Å²) in [6.45, 7) is 0.635. The van der Waals surface area contributed by atoms with Crippen molar-refractivity contribution in [3.8, 4) is 22.8 Å². The van der Waals surface area contributed by atoms with Crippen molar-refractivity contribution < 1.29 is 14.3 Å². The first kappa shape index (κ1) is 26.3. The number of amides is 1. The molecule has 0 unspecified atom stereocenters. The minimum atomic E-state index is -0.112. The molecule has 0 radical (unpaired) electrons. The zero-order valence-corrected chi connectivity index (χ0v) is 22.1. The van der Waals surface area contributed by atoms with Gasteiger partial charge in [-0.2, -0.15) is 0 Å². The molecule has 0 aliphatic rings. The van der Waals surface area contributed by atoms with Gasteiger partial charge < -0.3 is 19.4 Å². The van der Waals surface area contributed by atoms with E-state index < -0.39 is 0 Å². The summed E-state index contributed by atoms with van der Waals surface area (Å²) in [5, 5.41) is 4.03. The van der Waals surface area contributed by atoms with Crippen molar-refractivity contribution in [2.24, 2.45) is 0 Å². The molecule has 0 atom stereocenters. The van der Waals surface area contributed by atoms with Crippen molar-refractivity contribution in [2.45, 2.75) is 13.0 Å². The van der Waals surface area contributed by atoms with Crippen molar-refractivity contribution in [1.29, 1.82) is 0 Å². The van der Waals surface area contributed by atoms with Crippen LogP contribution >= 0.6 is 23.2 Å². The molecule has 0 spiro atoms. The molecule has 1 amide bonds. The van der Waals surface area contributed by atoms with Gasteiger partial charge in [0.15, 0.2) is 0 Å². The summed E-state index contributed by atoms with van der Waals surface area (Å²) < 4.78 is 12.2. The third-order valence-corrected chi connectivity index (χ3v) is 6.31. The number of hydrogen-bond acceptors (Lipinski definition) is 4. The van der Waals surface area contributed by atoms with E-state index in [2.05, 4.69) is 5.32 Å². The minimum absolute atomic E-state index is 0.112. The highest BCUT2D eigenvalue weighted by atomic mass is 35.5. The molecule has 190 valence electrons. The Morgan fingerprint density at radius 3 is 2.27 bits per heavy atom. The molecule has 0 fully saturated rings. The topological polar surface area (TPSA) is 65.4 Å². The SMILES string of the molecule is COc1ccc(C=Cc2nc(-c3ccc(Cl)cc3Cl)cn2CC(=O)NCCc2ccc(OC)cc2)cc1. The van der Waals surface area contributed by atoms with Crippen LogP contribution in [0.4, 0.5) is 0 Å².